The van der Waals surface area contributed by atoms with Gasteiger partial charge in [0, 0.05) is 17.9 Å². The molecule has 2 unspecified atom stereocenters. The van der Waals surface area contributed by atoms with Crippen molar-refractivity contribution in [2.45, 2.75) is 31.6 Å². The van der Waals surface area contributed by atoms with Crippen LogP contribution in [-0.2, 0) is 21.2 Å². The molecular formula is C20H25FN4O3S. The topological polar surface area (TPSA) is 99.3 Å². The van der Waals surface area contributed by atoms with Crippen LogP contribution < -0.4 is 20.9 Å². The molecule has 29 heavy (non-hydrogen) atoms. The second kappa shape index (κ2) is 9.34. The smallest absolute Gasteiger partial charge is 0.250 e. The van der Waals surface area contributed by atoms with Crippen molar-refractivity contribution in [2.75, 3.05) is 16.6 Å². The van der Waals surface area contributed by atoms with Crippen molar-refractivity contribution in [3.8, 4) is 0 Å². The van der Waals surface area contributed by atoms with Gasteiger partial charge in [0.1, 0.15) is 5.82 Å². The summed E-state index contributed by atoms with van der Waals surface area (Å²) >= 11 is 0. The third-order valence-electron chi connectivity index (χ3n) is 4.75. The number of halogens is 1. The van der Waals surface area contributed by atoms with Crippen molar-refractivity contribution < 1.29 is 17.6 Å². The van der Waals surface area contributed by atoms with E-state index in [1.807, 2.05) is 24.3 Å². The van der Waals surface area contributed by atoms with E-state index in [-0.39, 0.29) is 12.2 Å². The SMILES string of the molecule is CCCCc1ccc(NC(=O)C2CNNC2S(=O)(=O)Nc2ccc(F)cc2)cc1. The Balaban J connectivity index is 1.66. The number of anilines is 2. The molecular weight excluding hydrogens is 395 g/mol. The zero-order valence-corrected chi connectivity index (χ0v) is 16.9. The Labute approximate surface area is 170 Å². The number of carbonyl (C=O) groups is 1. The second-order valence-electron chi connectivity index (χ2n) is 7.00. The number of amides is 1. The molecule has 3 rings (SSSR count). The molecule has 0 aliphatic carbocycles. The molecule has 0 radical (unpaired) electrons. The summed E-state index contributed by atoms with van der Waals surface area (Å²) in [5.74, 6) is -1.71. The molecule has 2 aromatic carbocycles. The van der Waals surface area contributed by atoms with E-state index in [0.717, 1.165) is 31.4 Å². The average molecular weight is 421 g/mol. The summed E-state index contributed by atoms with van der Waals surface area (Å²) in [7, 11) is -3.94. The van der Waals surface area contributed by atoms with E-state index in [2.05, 4.69) is 27.8 Å². The molecule has 4 N–H and O–H groups in total. The molecule has 1 heterocycles. The minimum atomic E-state index is -3.94. The van der Waals surface area contributed by atoms with Gasteiger partial charge in [-0.25, -0.2) is 18.2 Å². The van der Waals surface area contributed by atoms with E-state index >= 15 is 0 Å². The molecule has 156 valence electrons. The van der Waals surface area contributed by atoms with Crippen LogP contribution >= 0.6 is 0 Å². The Kier molecular flexibility index (Phi) is 6.83. The maximum Gasteiger partial charge on any atom is 0.250 e. The molecule has 1 fully saturated rings. The normalized spacial score (nSPS) is 19.1. The summed E-state index contributed by atoms with van der Waals surface area (Å²) in [4.78, 5) is 12.7. The minimum absolute atomic E-state index is 0.162. The lowest BCUT2D eigenvalue weighted by molar-refractivity contribution is -0.119. The van der Waals surface area contributed by atoms with Crippen LogP contribution in [-0.4, -0.2) is 26.2 Å². The summed E-state index contributed by atoms with van der Waals surface area (Å²) < 4.78 is 40.8. The van der Waals surface area contributed by atoms with Gasteiger partial charge in [-0.3, -0.25) is 14.9 Å². The number of benzene rings is 2. The van der Waals surface area contributed by atoms with Gasteiger partial charge in [-0.15, -0.1) is 0 Å². The van der Waals surface area contributed by atoms with Gasteiger partial charge >= 0.3 is 0 Å². The second-order valence-corrected chi connectivity index (χ2v) is 8.80. The van der Waals surface area contributed by atoms with Crippen LogP contribution in [0.25, 0.3) is 0 Å². The standard InChI is InChI=1S/C20H25FN4O3S/c1-2-3-4-14-5-9-16(10-6-14)23-19(26)18-13-22-24-20(18)29(27,28)25-17-11-7-15(21)8-12-17/h5-12,18,20,22,24-25H,2-4,13H2,1H3,(H,23,26). The molecule has 0 bridgehead atoms. The van der Waals surface area contributed by atoms with Crippen molar-refractivity contribution in [1.29, 1.82) is 0 Å². The van der Waals surface area contributed by atoms with Crippen LogP contribution in [0.1, 0.15) is 25.3 Å². The number of aryl methyl sites for hydroxylation is 1. The summed E-state index contributed by atoms with van der Waals surface area (Å²) in [6.45, 7) is 2.29. The average Bonchev–Trinajstić information content (AvgIpc) is 3.20. The monoisotopic (exact) mass is 420 g/mol. The van der Waals surface area contributed by atoms with Gasteiger partial charge < -0.3 is 5.32 Å². The van der Waals surface area contributed by atoms with Crippen LogP contribution in [0.15, 0.2) is 48.5 Å². The predicted octanol–water partition coefficient (Wildman–Crippen LogP) is 2.60. The third-order valence-corrected chi connectivity index (χ3v) is 6.38. The van der Waals surface area contributed by atoms with Crippen LogP contribution in [0.2, 0.25) is 0 Å². The molecule has 2 aromatic rings. The highest BCUT2D eigenvalue weighted by atomic mass is 32.2. The Bertz CT molecular complexity index is 933. The minimum Gasteiger partial charge on any atom is -0.326 e. The van der Waals surface area contributed by atoms with E-state index in [0.29, 0.717) is 5.69 Å². The molecule has 0 saturated carbocycles. The molecule has 9 heteroatoms. The lowest BCUT2D eigenvalue weighted by Gasteiger charge is -2.19. The van der Waals surface area contributed by atoms with E-state index < -0.39 is 33.0 Å². The highest BCUT2D eigenvalue weighted by molar-refractivity contribution is 7.93. The fourth-order valence-electron chi connectivity index (χ4n) is 3.12. The van der Waals surface area contributed by atoms with Crippen molar-refractivity contribution >= 4 is 27.3 Å². The first-order chi connectivity index (χ1) is 13.9. The molecule has 7 nitrogen and oxygen atoms in total. The lowest BCUT2D eigenvalue weighted by Crippen LogP contribution is -2.45. The highest BCUT2D eigenvalue weighted by Gasteiger charge is 2.41. The highest BCUT2D eigenvalue weighted by Crippen LogP contribution is 2.20. The molecule has 1 saturated heterocycles. The van der Waals surface area contributed by atoms with Gasteiger partial charge in [-0.1, -0.05) is 25.5 Å². The van der Waals surface area contributed by atoms with Crippen LogP contribution in [0.5, 0.6) is 0 Å². The molecule has 1 aliphatic rings. The van der Waals surface area contributed by atoms with Gasteiger partial charge in [-0.2, -0.15) is 0 Å². The number of hydrazine groups is 1. The van der Waals surface area contributed by atoms with Crippen LogP contribution in [0.4, 0.5) is 15.8 Å². The number of hydrogen-bond donors (Lipinski definition) is 4. The van der Waals surface area contributed by atoms with E-state index in [1.54, 1.807) is 0 Å². The maximum absolute atomic E-state index is 13.0. The predicted molar refractivity (Wildman–Crippen MR) is 111 cm³/mol. The summed E-state index contributed by atoms with van der Waals surface area (Å²) in [6, 6.07) is 12.5. The number of rotatable bonds is 8. The van der Waals surface area contributed by atoms with Crippen molar-refractivity contribution in [2.24, 2.45) is 5.92 Å². The Hall–Kier alpha value is -2.49. The molecule has 0 spiro atoms. The Morgan fingerprint density at radius 3 is 2.41 bits per heavy atom. The first kappa shape index (κ1) is 21.2. The number of hydrogen-bond acceptors (Lipinski definition) is 5. The third kappa shape index (κ3) is 5.53. The number of nitrogens with one attached hydrogen (secondary N) is 4. The van der Waals surface area contributed by atoms with Crippen molar-refractivity contribution in [3.63, 3.8) is 0 Å². The zero-order valence-electron chi connectivity index (χ0n) is 16.1. The first-order valence-corrected chi connectivity index (χ1v) is 11.1. The van der Waals surface area contributed by atoms with Gasteiger partial charge in [0.2, 0.25) is 5.91 Å². The number of sulfonamides is 1. The number of unbranched alkanes of at least 4 members (excludes halogenated alkanes) is 1. The fourth-order valence-corrected chi connectivity index (χ4v) is 4.60. The van der Waals surface area contributed by atoms with Gasteiger partial charge in [0.05, 0.1) is 5.92 Å². The molecule has 0 aromatic heterocycles. The number of carbonyl (C=O) groups excluding carboxylic acids is 1. The largest absolute Gasteiger partial charge is 0.326 e. The Morgan fingerprint density at radius 2 is 1.76 bits per heavy atom. The molecule has 1 amide bonds. The maximum atomic E-state index is 13.0. The van der Waals surface area contributed by atoms with Crippen molar-refractivity contribution in [1.82, 2.24) is 10.9 Å². The van der Waals surface area contributed by atoms with E-state index in [1.165, 1.54) is 17.7 Å². The summed E-state index contributed by atoms with van der Waals surface area (Å²) in [5.41, 5.74) is 7.41. The van der Waals surface area contributed by atoms with Gasteiger partial charge in [-0.05, 0) is 54.8 Å². The van der Waals surface area contributed by atoms with E-state index in [4.69, 9.17) is 0 Å². The fraction of sp³-hybridized carbons (Fsp3) is 0.350. The van der Waals surface area contributed by atoms with Gasteiger partial charge in [0.25, 0.3) is 10.0 Å². The zero-order chi connectivity index (χ0) is 20.9. The van der Waals surface area contributed by atoms with Gasteiger partial charge in [0.15, 0.2) is 5.37 Å². The first-order valence-electron chi connectivity index (χ1n) is 9.54. The molecule has 1 aliphatic heterocycles. The van der Waals surface area contributed by atoms with E-state index in [9.17, 15) is 17.6 Å². The van der Waals surface area contributed by atoms with Crippen LogP contribution in [0, 0.1) is 11.7 Å². The van der Waals surface area contributed by atoms with Crippen LogP contribution in [0.3, 0.4) is 0 Å². The molecule has 2 atom stereocenters. The quantitative estimate of drug-likeness (QED) is 0.526. The lowest BCUT2D eigenvalue weighted by atomic mass is 10.1. The summed E-state index contributed by atoms with van der Waals surface area (Å²) in [6.07, 6.45) is 3.20. The Morgan fingerprint density at radius 1 is 1.10 bits per heavy atom. The summed E-state index contributed by atoms with van der Waals surface area (Å²) in [5, 5.41) is 1.61. The van der Waals surface area contributed by atoms with Crippen molar-refractivity contribution in [3.05, 3.63) is 59.9 Å².